The molecule has 2 rings (SSSR count). The molecule has 0 saturated heterocycles. The zero-order valence-corrected chi connectivity index (χ0v) is 10.7. The molecule has 0 radical (unpaired) electrons. The van der Waals surface area contributed by atoms with E-state index >= 15 is 0 Å². The van der Waals surface area contributed by atoms with Crippen molar-refractivity contribution in [3.8, 4) is 11.5 Å². The fourth-order valence-electron chi connectivity index (χ4n) is 1.48. The minimum Gasteiger partial charge on any atom is -0.453 e. The summed E-state index contributed by atoms with van der Waals surface area (Å²) in [6, 6.07) is 10.7. The maximum Gasteiger partial charge on any atom is 0.153 e. The molecule has 0 aromatic heterocycles. The van der Waals surface area contributed by atoms with E-state index in [9.17, 15) is 0 Å². The SMILES string of the molecule is Cc1cccc(N)c1Oc1ccc(Cl)cc1Cl. The van der Waals surface area contributed by atoms with Crippen molar-refractivity contribution in [3.05, 3.63) is 52.0 Å². The Hall–Kier alpha value is -1.38. The van der Waals surface area contributed by atoms with E-state index in [1.54, 1.807) is 24.3 Å². The fraction of sp³-hybridized carbons (Fsp3) is 0.0769. The molecule has 2 aromatic rings. The summed E-state index contributed by atoms with van der Waals surface area (Å²) in [6.45, 7) is 1.93. The Labute approximate surface area is 110 Å². The molecule has 0 spiro atoms. The Bertz CT molecular complexity index is 535. The Morgan fingerprint density at radius 1 is 1.12 bits per heavy atom. The third kappa shape index (κ3) is 2.65. The number of nitrogen functional groups attached to an aromatic ring is 1. The first kappa shape index (κ1) is 12.1. The van der Waals surface area contributed by atoms with Gasteiger partial charge < -0.3 is 10.5 Å². The quantitative estimate of drug-likeness (QED) is 0.803. The standard InChI is InChI=1S/C13H11Cl2NO/c1-8-3-2-4-11(16)13(8)17-12-6-5-9(14)7-10(12)15/h2-7H,16H2,1H3. The second-order valence-electron chi connectivity index (χ2n) is 3.67. The minimum atomic E-state index is 0.458. The van der Waals surface area contributed by atoms with Gasteiger partial charge >= 0.3 is 0 Å². The Kier molecular flexibility index (Phi) is 3.46. The van der Waals surface area contributed by atoms with Crippen LogP contribution in [0.15, 0.2) is 36.4 Å². The highest BCUT2D eigenvalue weighted by atomic mass is 35.5. The van der Waals surface area contributed by atoms with Gasteiger partial charge in [-0.2, -0.15) is 0 Å². The normalized spacial score (nSPS) is 10.3. The summed E-state index contributed by atoms with van der Waals surface area (Å²) >= 11 is 11.9. The number of hydrogen-bond donors (Lipinski definition) is 1. The van der Waals surface area contributed by atoms with Crippen molar-refractivity contribution >= 4 is 28.9 Å². The molecule has 2 nitrogen and oxygen atoms in total. The summed E-state index contributed by atoms with van der Waals surface area (Å²) in [5.74, 6) is 1.16. The highest BCUT2D eigenvalue weighted by molar-refractivity contribution is 6.35. The molecule has 0 bridgehead atoms. The molecular weight excluding hydrogens is 257 g/mol. The third-order valence-electron chi connectivity index (χ3n) is 2.35. The van der Waals surface area contributed by atoms with Gasteiger partial charge in [0.15, 0.2) is 5.75 Å². The zero-order chi connectivity index (χ0) is 12.4. The van der Waals surface area contributed by atoms with Gasteiger partial charge in [-0.1, -0.05) is 35.3 Å². The number of hydrogen-bond acceptors (Lipinski definition) is 2. The Morgan fingerprint density at radius 3 is 2.53 bits per heavy atom. The van der Waals surface area contributed by atoms with Crippen molar-refractivity contribution in [2.75, 3.05) is 5.73 Å². The second-order valence-corrected chi connectivity index (χ2v) is 4.51. The Morgan fingerprint density at radius 2 is 1.88 bits per heavy atom. The Balaban J connectivity index is 2.38. The first-order valence-corrected chi connectivity index (χ1v) is 5.81. The highest BCUT2D eigenvalue weighted by Crippen LogP contribution is 2.35. The average Bonchev–Trinajstić information content (AvgIpc) is 2.26. The first-order valence-electron chi connectivity index (χ1n) is 5.06. The van der Waals surface area contributed by atoms with Crippen LogP contribution in [0, 0.1) is 6.92 Å². The minimum absolute atomic E-state index is 0.458. The lowest BCUT2D eigenvalue weighted by molar-refractivity contribution is 0.481. The lowest BCUT2D eigenvalue weighted by atomic mass is 10.2. The topological polar surface area (TPSA) is 35.2 Å². The maximum absolute atomic E-state index is 6.03. The summed E-state index contributed by atoms with van der Waals surface area (Å²) < 4.78 is 5.71. The molecule has 4 heteroatoms. The number of halogens is 2. The summed E-state index contributed by atoms with van der Waals surface area (Å²) in [5, 5.41) is 1.03. The van der Waals surface area contributed by atoms with E-state index in [0.717, 1.165) is 5.56 Å². The third-order valence-corrected chi connectivity index (χ3v) is 2.88. The van der Waals surface area contributed by atoms with E-state index < -0.39 is 0 Å². The fourth-order valence-corrected chi connectivity index (χ4v) is 1.93. The molecule has 2 N–H and O–H groups in total. The number of ether oxygens (including phenoxy) is 1. The van der Waals surface area contributed by atoms with Crippen LogP contribution >= 0.6 is 23.2 Å². The zero-order valence-electron chi connectivity index (χ0n) is 9.21. The van der Waals surface area contributed by atoms with Crippen molar-refractivity contribution in [2.24, 2.45) is 0 Å². The van der Waals surface area contributed by atoms with Gasteiger partial charge in [-0.05, 0) is 36.8 Å². The number of para-hydroxylation sites is 1. The molecule has 0 aliphatic heterocycles. The van der Waals surface area contributed by atoms with Crippen LogP contribution in [0.4, 0.5) is 5.69 Å². The monoisotopic (exact) mass is 267 g/mol. The largest absolute Gasteiger partial charge is 0.453 e. The molecule has 0 aliphatic carbocycles. The van der Waals surface area contributed by atoms with Crippen molar-refractivity contribution in [2.45, 2.75) is 6.92 Å². The predicted octanol–water partition coefficient (Wildman–Crippen LogP) is 4.68. The van der Waals surface area contributed by atoms with Gasteiger partial charge in [-0.25, -0.2) is 0 Å². The number of anilines is 1. The van der Waals surface area contributed by atoms with Crippen LogP contribution < -0.4 is 10.5 Å². The molecule has 0 aliphatic rings. The lowest BCUT2D eigenvalue weighted by Crippen LogP contribution is -1.94. The smallest absolute Gasteiger partial charge is 0.153 e. The van der Waals surface area contributed by atoms with E-state index in [1.165, 1.54) is 0 Å². The van der Waals surface area contributed by atoms with Gasteiger partial charge in [0.2, 0.25) is 0 Å². The summed E-state index contributed by atoms with van der Waals surface area (Å²) in [4.78, 5) is 0. The van der Waals surface area contributed by atoms with Crippen LogP contribution in [0.5, 0.6) is 11.5 Å². The first-order chi connectivity index (χ1) is 8.08. The van der Waals surface area contributed by atoms with Gasteiger partial charge in [0.05, 0.1) is 10.7 Å². The maximum atomic E-state index is 6.03. The van der Waals surface area contributed by atoms with Gasteiger partial charge in [-0.3, -0.25) is 0 Å². The molecule has 0 unspecified atom stereocenters. The van der Waals surface area contributed by atoms with Crippen molar-refractivity contribution in [1.29, 1.82) is 0 Å². The molecule has 0 atom stereocenters. The molecule has 17 heavy (non-hydrogen) atoms. The van der Waals surface area contributed by atoms with Gasteiger partial charge in [-0.15, -0.1) is 0 Å². The molecule has 2 aromatic carbocycles. The second kappa shape index (κ2) is 4.86. The van der Waals surface area contributed by atoms with E-state index in [4.69, 9.17) is 33.7 Å². The number of rotatable bonds is 2. The van der Waals surface area contributed by atoms with Crippen LogP contribution in [-0.2, 0) is 0 Å². The number of benzene rings is 2. The van der Waals surface area contributed by atoms with E-state index in [1.807, 2.05) is 19.1 Å². The molecule has 0 heterocycles. The lowest BCUT2D eigenvalue weighted by Gasteiger charge is -2.12. The molecule has 0 amide bonds. The summed E-state index contributed by atoms with van der Waals surface area (Å²) in [6.07, 6.45) is 0. The molecule has 0 saturated carbocycles. The van der Waals surface area contributed by atoms with Crippen LogP contribution in [0.3, 0.4) is 0 Å². The predicted molar refractivity (Wildman–Crippen MR) is 72.1 cm³/mol. The van der Waals surface area contributed by atoms with Crippen LogP contribution in [0.1, 0.15) is 5.56 Å². The summed E-state index contributed by atoms with van der Waals surface area (Å²) in [5.41, 5.74) is 7.39. The van der Waals surface area contributed by atoms with Crippen LogP contribution in [-0.4, -0.2) is 0 Å². The van der Waals surface area contributed by atoms with Gasteiger partial charge in [0.25, 0.3) is 0 Å². The van der Waals surface area contributed by atoms with Crippen molar-refractivity contribution in [1.82, 2.24) is 0 Å². The summed E-state index contributed by atoms with van der Waals surface area (Å²) in [7, 11) is 0. The van der Waals surface area contributed by atoms with Gasteiger partial charge in [0.1, 0.15) is 5.75 Å². The van der Waals surface area contributed by atoms with E-state index in [-0.39, 0.29) is 0 Å². The van der Waals surface area contributed by atoms with E-state index in [0.29, 0.717) is 27.2 Å². The van der Waals surface area contributed by atoms with Crippen molar-refractivity contribution < 1.29 is 4.74 Å². The molecular formula is C13H11Cl2NO. The van der Waals surface area contributed by atoms with Crippen molar-refractivity contribution in [3.63, 3.8) is 0 Å². The molecule has 88 valence electrons. The number of aryl methyl sites for hydroxylation is 1. The highest BCUT2D eigenvalue weighted by Gasteiger charge is 2.08. The van der Waals surface area contributed by atoms with Crippen LogP contribution in [0.2, 0.25) is 10.0 Å². The van der Waals surface area contributed by atoms with Crippen LogP contribution in [0.25, 0.3) is 0 Å². The van der Waals surface area contributed by atoms with Gasteiger partial charge in [0, 0.05) is 5.02 Å². The molecule has 0 fully saturated rings. The average molecular weight is 268 g/mol. The number of nitrogens with two attached hydrogens (primary N) is 1. The van der Waals surface area contributed by atoms with E-state index in [2.05, 4.69) is 0 Å².